The summed E-state index contributed by atoms with van der Waals surface area (Å²) in [6.45, 7) is 10.8. The van der Waals surface area contributed by atoms with Gasteiger partial charge in [0.2, 0.25) is 0 Å². The lowest BCUT2D eigenvalue weighted by Gasteiger charge is -2.18. The topological polar surface area (TPSA) is 76.1 Å². The van der Waals surface area contributed by atoms with E-state index in [1.165, 1.54) is 0 Å². The Labute approximate surface area is 118 Å². The number of hydrogen-bond donors (Lipinski definition) is 2. The zero-order chi connectivity index (χ0) is 15.1. The summed E-state index contributed by atoms with van der Waals surface area (Å²) in [7, 11) is 0. The molecule has 0 aromatic carbocycles. The molecule has 0 unspecified atom stereocenters. The van der Waals surface area contributed by atoms with E-state index in [-0.39, 0.29) is 17.0 Å². The van der Waals surface area contributed by atoms with E-state index in [4.69, 9.17) is 0 Å². The van der Waals surface area contributed by atoms with Crippen LogP contribution in [-0.4, -0.2) is 29.8 Å². The lowest BCUT2D eigenvalue weighted by atomic mass is 10.1. The minimum Gasteiger partial charge on any atom is -0.504 e. The second kappa shape index (κ2) is 4.85. The predicted molar refractivity (Wildman–Crippen MR) is 76.6 cm³/mol. The van der Waals surface area contributed by atoms with Gasteiger partial charge in [-0.1, -0.05) is 13.8 Å². The average molecular weight is 278 g/mol. The molecule has 20 heavy (non-hydrogen) atoms. The number of hydrogen-bond acceptors (Lipinski definition) is 4. The van der Waals surface area contributed by atoms with Crippen molar-refractivity contribution in [3.63, 3.8) is 0 Å². The van der Waals surface area contributed by atoms with Gasteiger partial charge in [-0.05, 0) is 26.7 Å². The van der Waals surface area contributed by atoms with E-state index in [1.807, 2.05) is 20.8 Å². The molecule has 2 aromatic rings. The van der Waals surface area contributed by atoms with Gasteiger partial charge in [0.1, 0.15) is 0 Å². The lowest BCUT2D eigenvalue weighted by molar-refractivity contribution is 0.353. The molecule has 0 aliphatic rings. The first kappa shape index (κ1) is 14.4. The van der Waals surface area contributed by atoms with Crippen LogP contribution in [0.1, 0.15) is 34.6 Å². The quantitative estimate of drug-likeness (QED) is 0.904. The highest BCUT2D eigenvalue weighted by atomic mass is 16.3. The molecule has 2 rings (SSSR count). The molecule has 0 bridgehead atoms. The minimum atomic E-state index is -0.244. The van der Waals surface area contributed by atoms with E-state index in [9.17, 15) is 10.2 Å². The van der Waals surface area contributed by atoms with Crippen molar-refractivity contribution in [2.75, 3.05) is 0 Å². The summed E-state index contributed by atoms with van der Waals surface area (Å²) in [6.07, 6.45) is 3.11. The van der Waals surface area contributed by atoms with Gasteiger partial charge in [-0.2, -0.15) is 10.2 Å². The van der Waals surface area contributed by atoms with E-state index in [0.717, 1.165) is 0 Å². The normalized spacial score (nSPS) is 12.3. The molecule has 0 aliphatic carbocycles. The van der Waals surface area contributed by atoms with Crippen molar-refractivity contribution < 1.29 is 10.2 Å². The Morgan fingerprint density at radius 3 is 2.10 bits per heavy atom. The predicted octanol–water partition coefficient (Wildman–Crippen LogP) is 2.57. The number of rotatable bonds is 3. The number of aromatic hydroxyl groups is 2. The van der Waals surface area contributed by atoms with E-state index in [0.29, 0.717) is 23.9 Å². The van der Waals surface area contributed by atoms with E-state index in [1.54, 1.807) is 21.8 Å². The first-order valence-electron chi connectivity index (χ1n) is 6.74. The number of aromatic nitrogens is 4. The molecule has 6 heteroatoms. The molecule has 2 heterocycles. The largest absolute Gasteiger partial charge is 0.504 e. The molecular weight excluding hydrogens is 256 g/mol. The van der Waals surface area contributed by atoms with Gasteiger partial charge in [0.15, 0.2) is 22.9 Å². The van der Waals surface area contributed by atoms with Crippen LogP contribution in [0.4, 0.5) is 0 Å². The fourth-order valence-corrected chi connectivity index (χ4v) is 1.92. The van der Waals surface area contributed by atoms with E-state index in [2.05, 4.69) is 24.0 Å². The molecule has 0 radical (unpaired) electrons. The van der Waals surface area contributed by atoms with Crippen molar-refractivity contribution in [1.29, 1.82) is 0 Å². The third kappa shape index (κ3) is 2.79. The van der Waals surface area contributed by atoms with Crippen LogP contribution < -0.4 is 0 Å². The van der Waals surface area contributed by atoms with Crippen molar-refractivity contribution in [1.82, 2.24) is 19.6 Å². The molecule has 0 amide bonds. The first-order chi connectivity index (χ1) is 9.18. The van der Waals surface area contributed by atoms with E-state index < -0.39 is 0 Å². The molecule has 2 aromatic heterocycles. The van der Waals surface area contributed by atoms with Gasteiger partial charge in [0.05, 0.1) is 17.9 Å². The van der Waals surface area contributed by atoms with E-state index >= 15 is 0 Å². The van der Waals surface area contributed by atoms with Gasteiger partial charge in [0, 0.05) is 6.54 Å². The highest BCUT2D eigenvalue weighted by Gasteiger charge is 2.22. The molecule has 0 saturated carbocycles. The standard InChI is InChI=1S/C14H22N4O2/c1-9(2)6-17-7-10(19)12(15-17)13-11(20)8-18(16-13)14(3,4)5/h7-9,19-20H,6H2,1-5H3. The summed E-state index contributed by atoms with van der Waals surface area (Å²) in [5.74, 6) is 0.466. The Kier molecular flexibility index (Phi) is 3.50. The Hall–Kier alpha value is -1.98. The second-order valence-electron chi connectivity index (χ2n) is 6.46. The molecule has 0 fully saturated rings. The van der Waals surface area contributed by atoms with Crippen LogP contribution in [0.25, 0.3) is 11.4 Å². The molecule has 0 saturated heterocycles. The van der Waals surface area contributed by atoms with Crippen LogP contribution >= 0.6 is 0 Å². The third-order valence-electron chi connectivity index (χ3n) is 2.90. The lowest BCUT2D eigenvalue weighted by Crippen LogP contribution is -2.22. The second-order valence-corrected chi connectivity index (χ2v) is 6.46. The smallest absolute Gasteiger partial charge is 0.163 e. The first-order valence-corrected chi connectivity index (χ1v) is 6.74. The summed E-state index contributed by atoms with van der Waals surface area (Å²) in [5, 5.41) is 28.7. The minimum absolute atomic E-state index is 0.0185. The Morgan fingerprint density at radius 1 is 1.05 bits per heavy atom. The summed E-state index contributed by atoms with van der Waals surface area (Å²) in [5.41, 5.74) is 0.373. The SMILES string of the molecule is CC(C)Cn1cc(O)c(-c2nn(C(C)(C)C)cc2O)n1. The third-order valence-corrected chi connectivity index (χ3v) is 2.90. The fraction of sp³-hybridized carbons (Fsp3) is 0.571. The monoisotopic (exact) mass is 278 g/mol. The summed E-state index contributed by atoms with van der Waals surface area (Å²) in [6, 6.07) is 0. The van der Waals surface area contributed by atoms with Gasteiger partial charge < -0.3 is 10.2 Å². The number of nitrogens with zero attached hydrogens (tertiary/aromatic N) is 4. The molecule has 2 N–H and O–H groups in total. The summed E-state index contributed by atoms with van der Waals surface area (Å²) < 4.78 is 3.34. The Morgan fingerprint density at radius 2 is 1.60 bits per heavy atom. The van der Waals surface area contributed by atoms with Crippen LogP contribution in [0.3, 0.4) is 0 Å². The van der Waals surface area contributed by atoms with Gasteiger partial charge in [0.25, 0.3) is 0 Å². The fourth-order valence-electron chi connectivity index (χ4n) is 1.92. The molecule has 0 atom stereocenters. The molecule has 0 spiro atoms. The van der Waals surface area contributed by atoms with Crippen LogP contribution in [0, 0.1) is 5.92 Å². The van der Waals surface area contributed by atoms with Gasteiger partial charge in [-0.3, -0.25) is 9.36 Å². The zero-order valence-electron chi connectivity index (χ0n) is 12.6. The van der Waals surface area contributed by atoms with Crippen molar-refractivity contribution >= 4 is 0 Å². The molecule has 110 valence electrons. The Bertz CT molecular complexity index is 605. The van der Waals surface area contributed by atoms with Gasteiger partial charge >= 0.3 is 0 Å². The maximum Gasteiger partial charge on any atom is 0.163 e. The highest BCUT2D eigenvalue weighted by molar-refractivity contribution is 5.67. The Balaban J connectivity index is 2.41. The van der Waals surface area contributed by atoms with Crippen LogP contribution in [0.5, 0.6) is 11.5 Å². The maximum atomic E-state index is 10.0. The van der Waals surface area contributed by atoms with Crippen LogP contribution in [0.2, 0.25) is 0 Å². The van der Waals surface area contributed by atoms with Crippen LogP contribution in [0.15, 0.2) is 12.4 Å². The van der Waals surface area contributed by atoms with Crippen molar-refractivity contribution in [3.05, 3.63) is 12.4 Å². The van der Waals surface area contributed by atoms with Crippen molar-refractivity contribution in [3.8, 4) is 22.9 Å². The molecule has 0 aliphatic heterocycles. The zero-order valence-corrected chi connectivity index (χ0v) is 12.6. The summed E-state index contributed by atoms with van der Waals surface area (Å²) >= 11 is 0. The molecular formula is C14H22N4O2. The van der Waals surface area contributed by atoms with Gasteiger partial charge in [-0.25, -0.2) is 0 Å². The van der Waals surface area contributed by atoms with Gasteiger partial charge in [-0.15, -0.1) is 0 Å². The highest BCUT2D eigenvalue weighted by Crippen LogP contribution is 2.34. The molecule has 6 nitrogen and oxygen atoms in total. The van der Waals surface area contributed by atoms with Crippen molar-refractivity contribution in [2.45, 2.75) is 46.7 Å². The maximum absolute atomic E-state index is 10.0. The van der Waals surface area contributed by atoms with Crippen LogP contribution in [-0.2, 0) is 12.1 Å². The average Bonchev–Trinajstić information content (AvgIpc) is 2.80. The van der Waals surface area contributed by atoms with Crippen molar-refractivity contribution in [2.24, 2.45) is 5.92 Å². The summed E-state index contributed by atoms with van der Waals surface area (Å²) in [4.78, 5) is 0.